The molecular weight excluding hydrogens is 520 g/mol. The summed E-state index contributed by atoms with van der Waals surface area (Å²) in [4.78, 5) is 14.1. The zero-order valence-electron chi connectivity index (χ0n) is 22.8. The van der Waals surface area contributed by atoms with Crippen molar-refractivity contribution in [2.45, 2.75) is 56.2 Å². The zero-order valence-corrected chi connectivity index (χ0v) is 23.6. The van der Waals surface area contributed by atoms with Crippen molar-refractivity contribution in [1.29, 1.82) is 0 Å². The van der Waals surface area contributed by atoms with Crippen molar-refractivity contribution in [1.82, 2.24) is 5.32 Å². The van der Waals surface area contributed by atoms with Gasteiger partial charge in [-0.1, -0.05) is 92.7 Å². The molecule has 0 aliphatic carbocycles. The number of fused-ring (bicyclic) bond motifs is 1. The van der Waals surface area contributed by atoms with Crippen LogP contribution in [0.2, 0.25) is 0 Å². The van der Waals surface area contributed by atoms with E-state index in [-0.39, 0.29) is 29.0 Å². The predicted octanol–water partition coefficient (Wildman–Crippen LogP) is 6.89. The highest BCUT2D eigenvalue weighted by molar-refractivity contribution is 7.92. The van der Waals surface area contributed by atoms with Gasteiger partial charge in [-0.3, -0.25) is 9.10 Å². The summed E-state index contributed by atoms with van der Waals surface area (Å²) in [5.41, 5.74) is 1.96. The number of amides is 1. The summed E-state index contributed by atoms with van der Waals surface area (Å²) in [5.74, 6) is 0.438. The van der Waals surface area contributed by atoms with E-state index in [1.165, 1.54) is 4.31 Å². The smallest absolute Gasteiger partial charge is 0.264 e. The number of rotatable bonds is 9. The number of hydrogen-bond acceptors (Lipinski definition) is 4. The molecule has 1 heterocycles. The quantitative estimate of drug-likeness (QED) is 0.244. The molecule has 40 heavy (non-hydrogen) atoms. The standard InChI is InChI=1S/C33H34N2O4S/c1-3-33(4-2)23-29(27-19-12-14-22-31(27)39-33)34-32(36)28-20-11-13-21-30(28)35(24-25-15-7-5-8-16-25)40(37,38)26-17-9-6-10-18-26/h5-22,29H,3-4,23-24H2,1-2H3,(H,34,36)/t29-/m1/s1. The molecule has 7 heteroatoms. The third kappa shape index (κ3) is 5.47. The van der Waals surface area contributed by atoms with Gasteiger partial charge in [-0.2, -0.15) is 0 Å². The second kappa shape index (κ2) is 11.6. The van der Waals surface area contributed by atoms with Crippen molar-refractivity contribution in [3.05, 3.63) is 126 Å². The van der Waals surface area contributed by atoms with Gasteiger partial charge in [0.1, 0.15) is 11.4 Å². The molecule has 0 bridgehead atoms. The van der Waals surface area contributed by atoms with Gasteiger partial charge < -0.3 is 10.1 Å². The number of anilines is 1. The van der Waals surface area contributed by atoms with E-state index in [0.717, 1.165) is 29.7 Å². The molecule has 1 aliphatic heterocycles. The minimum absolute atomic E-state index is 0.0806. The van der Waals surface area contributed by atoms with E-state index < -0.39 is 10.0 Å². The Labute approximate surface area is 236 Å². The molecule has 206 valence electrons. The maximum atomic E-state index is 14.0. The van der Waals surface area contributed by atoms with Gasteiger partial charge in [0.2, 0.25) is 0 Å². The minimum Gasteiger partial charge on any atom is -0.487 e. The lowest BCUT2D eigenvalue weighted by Gasteiger charge is -2.41. The first-order chi connectivity index (χ1) is 19.4. The predicted molar refractivity (Wildman–Crippen MR) is 158 cm³/mol. The van der Waals surface area contributed by atoms with Crippen molar-refractivity contribution in [2.75, 3.05) is 4.31 Å². The van der Waals surface area contributed by atoms with Crippen LogP contribution in [0.5, 0.6) is 5.75 Å². The number of carbonyl (C=O) groups excluding carboxylic acids is 1. The van der Waals surface area contributed by atoms with Crippen LogP contribution in [0, 0.1) is 0 Å². The monoisotopic (exact) mass is 554 g/mol. The molecule has 0 fully saturated rings. The SMILES string of the molecule is CCC1(CC)C[C@@H](NC(=O)c2ccccc2N(Cc2ccccc2)S(=O)(=O)c2ccccc2)c2ccccc2O1. The summed E-state index contributed by atoms with van der Waals surface area (Å²) < 4.78 is 35.8. The summed E-state index contributed by atoms with van der Waals surface area (Å²) in [6.45, 7) is 4.28. The van der Waals surface area contributed by atoms with Crippen LogP contribution >= 0.6 is 0 Å². The topological polar surface area (TPSA) is 75.7 Å². The number of sulfonamides is 1. The second-order valence-electron chi connectivity index (χ2n) is 10.1. The molecule has 5 rings (SSSR count). The normalized spacial score (nSPS) is 15.9. The van der Waals surface area contributed by atoms with Crippen LogP contribution < -0.4 is 14.4 Å². The number of para-hydroxylation sites is 2. The third-order valence-electron chi connectivity index (χ3n) is 7.71. The molecule has 4 aromatic carbocycles. The average Bonchev–Trinajstić information content (AvgIpc) is 3.00. The van der Waals surface area contributed by atoms with E-state index in [9.17, 15) is 13.2 Å². The molecule has 0 saturated heterocycles. The highest BCUT2D eigenvalue weighted by Crippen LogP contribution is 2.43. The Kier molecular flexibility index (Phi) is 7.94. The minimum atomic E-state index is -3.98. The summed E-state index contributed by atoms with van der Waals surface area (Å²) in [6, 6.07) is 32.1. The molecule has 0 radical (unpaired) electrons. The largest absolute Gasteiger partial charge is 0.487 e. The van der Waals surface area contributed by atoms with Gasteiger partial charge in [-0.05, 0) is 48.7 Å². The van der Waals surface area contributed by atoms with Crippen LogP contribution in [0.3, 0.4) is 0 Å². The lowest BCUT2D eigenvalue weighted by Crippen LogP contribution is -2.44. The number of nitrogens with zero attached hydrogens (tertiary/aromatic N) is 1. The Hall–Kier alpha value is -4.10. The van der Waals surface area contributed by atoms with Crippen LogP contribution in [-0.2, 0) is 16.6 Å². The first-order valence-corrected chi connectivity index (χ1v) is 15.1. The van der Waals surface area contributed by atoms with E-state index in [1.54, 1.807) is 54.6 Å². The fourth-order valence-electron chi connectivity index (χ4n) is 5.32. The molecule has 1 aliphatic rings. The molecule has 1 atom stereocenters. The van der Waals surface area contributed by atoms with Gasteiger partial charge >= 0.3 is 0 Å². The first-order valence-electron chi connectivity index (χ1n) is 13.7. The van der Waals surface area contributed by atoms with Gasteiger partial charge in [0, 0.05) is 12.0 Å². The number of ether oxygens (including phenoxy) is 1. The average molecular weight is 555 g/mol. The maximum absolute atomic E-state index is 14.0. The van der Waals surface area contributed by atoms with E-state index >= 15 is 0 Å². The molecule has 1 amide bonds. The first kappa shape index (κ1) is 27.5. The van der Waals surface area contributed by atoms with Crippen LogP contribution in [0.25, 0.3) is 0 Å². The molecule has 0 aromatic heterocycles. The number of nitrogens with one attached hydrogen (secondary N) is 1. The fourth-order valence-corrected chi connectivity index (χ4v) is 6.81. The number of benzene rings is 4. The van der Waals surface area contributed by atoms with Crippen molar-refractivity contribution >= 4 is 21.6 Å². The van der Waals surface area contributed by atoms with Crippen molar-refractivity contribution in [3.63, 3.8) is 0 Å². The van der Waals surface area contributed by atoms with Gasteiger partial charge in [0.15, 0.2) is 0 Å². The Morgan fingerprint density at radius 1 is 0.850 bits per heavy atom. The van der Waals surface area contributed by atoms with Crippen LogP contribution in [-0.4, -0.2) is 19.9 Å². The Bertz CT molecular complexity index is 1570. The molecule has 4 aromatic rings. The van der Waals surface area contributed by atoms with Crippen LogP contribution in [0.1, 0.15) is 60.6 Å². The third-order valence-corrected chi connectivity index (χ3v) is 9.48. The molecule has 0 unspecified atom stereocenters. The van der Waals surface area contributed by atoms with Crippen molar-refractivity contribution in [2.24, 2.45) is 0 Å². The van der Waals surface area contributed by atoms with Crippen LogP contribution in [0.15, 0.2) is 114 Å². The zero-order chi connectivity index (χ0) is 28.2. The Balaban J connectivity index is 1.54. The van der Waals surface area contributed by atoms with Gasteiger partial charge in [-0.15, -0.1) is 0 Å². The molecule has 0 saturated carbocycles. The Morgan fingerprint density at radius 3 is 2.15 bits per heavy atom. The van der Waals surface area contributed by atoms with Crippen LogP contribution in [0.4, 0.5) is 5.69 Å². The van der Waals surface area contributed by atoms with E-state index in [1.807, 2.05) is 54.6 Å². The van der Waals surface area contributed by atoms with E-state index in [4.69, 9.17) is 4.74 Å². The van der Waals surface area contributed by atoms with Crippen molar-refractivity contribution in [3.8, 4) is 5.75 Å². The number of carbonyl (C=O) groups is 1. The van der Waals surface area contributed by atoms with E-state index in [0.29, 0.717) is 17.7 Å². The Morgan fingerprint density at radius 2 is 1.45 bits per heavy atom. The molecule has 6 nitrogen and oxygen atoms in total. The van der Waals surface area contributed by atoms with Crippen molar-refractivity contribution < 1.29 is 17.9 Å². The maximum Gasteiger partial charge on any atom is 0.264 e. The second-order valence-corrected chi connectivity index (χ2v) is 11.9. The van der Waals surface area contributed by atoms with Gasteiger partial charge in [0.25, 0.3) is 15.9 Å². The lowest BCUT2D eigenvalue weighted by atomic mass is 9.83. The molecule has 0 spiro atoms. The summed E-state index contributed by atoms with van der Waals surface area (Å²) in [6.07, 6.45) is 2.24. The lowest BCUT2D eigenvalue weighted by molar-refractivity contribution is 0.0227. The van der Waals surface area contributed by atoms with E-state index in [2.05, 4.69) is 19.2 Å². The van der Waals surface area contributed by atoms with Gasteiger partial charge in [0.05, 0.1) is 28.7 Å². The summed E-state index contributed by atoms with van der Waals surface area (Å²) in [7, 11) is -3.98. The summed E-state index contributed by atoms with van der Waals surface area (Å²) >= 11 is 0. The highest BCUT2D eigenvalue weighted by Gasteiger charge is 2.39. The van der Waals surface area contributed by atoms with Gasteiger partial charge in [-0.25, -0.2) is 8.42 Å². The number of hydrogen-bond donors (Lipinski definition) is 1. The highest BCUT2D eigenvalue weighted by atomic mass is 32.2. The fraction of sp³-hybridized carbons (Fsp3) is 0.242. The molecule has 1 N–H and O–H groups in total. The summed E-state index contributed by atoms with van der Waals surface area (Å²) in [5, 5.41) is 3.22. The molecular formula is C33H34N2O4S.